The summed E-state index contributed by atoms with van der Waals surface area (Å²) in [5.41, 5.74) is 2.51. The maximum Gasteiger partial charge on any atom is 0.340 e. The third-order valence-electron chi connectivity index (χ3n) is 4.08. The fourth-order valence-electron chi connectivity index (χ4n) is 3.07. The van der Waals surface area contributed by atoms with Crippen molar-refractivity contribution in [2.75, 3.05) is 6.61 Å². The predicted molar refractivity (Wildman–Crippen MR) is 86.0 cm³/mol. The lowest BCUT2D eigenvalue weighted by molar-refractivity contribution is 0.0526. The number of Topliss-reactive ketones (excluding diaryl/α,β-unsaturated/α-hetero) is 1. The Morgan fingerprint density at radius 3 is 2.78 bits per heavy atom. The molecule has 3 rings (SSSR count). The van der Waals surface area contributed by atoms with Crippen LogP contribution in [0, 0.1) is 5.41 Å². The van der Waals surface area contributed by atoms with Crippen LogP contribution < -0.4 is 0 Å². The highest BCUT2D eigenvalue weighted by atomic mass is 16.5. The quantitative estimate of drug-likeness (QED) is 0.817. The highest BCUT2D eigenvalue weighted by Crippen LogP contribution is 2.35. The second kappa shape index (κ2) is 5.65. The van der Waals surface area contributed by atoms with Crippen LogP contribution in [-0.4, -0.2) is 28.1 Å². The summed E-state index contributed by atoms with van der Waals surface area (Å²) in [5, 5.41) is 4.38. The van der Waals surface area contributed by atoms with Crippen LogP contribution in [0.2, 0.25) is 0 Å². The zero-order valence-corrected chi connectivity index (χ0v) is 13.6. The molecule has 1 heterocycles. The van der Waals surface area contributed by atoms with Crippen LogP contribution in [0.25, 0.3) is 5.69 Å². The number of ketones is 1. The van der Waals surface area contributed by atoms with E-state index < -0.39 is 0 Å². The van der Waals surface area contributed by atoms with Crippen molar-refractivity contribution in [2.24, 2.45) is 5.41 Å². The lowest BCUT2D eigenvalue weighted by Crippen LogP contribution is -2.28. The van der Waals surface area contributed by atoms with Crippen LogP contribution in [0.3, 0.4) is 0 Å². The molecular formula is C18H20N2O3. The van der Waals surface area contributed by atoms with Gasteiger partial charge in [-0.15, -0.1) is 0 Å². The normalized spacial score (nSPS) is 16.0. The average molecular weight is 312 g/mol. The molecule has 5 nitrogen and oxygen atoms in total. The first kappa shape index (κ1) is 15.5. The number of esters is 1. The highest BCUT2D eigenvalue weighted by Gasteiger charge is 2.34. The Hall–Kier alpha value is -2.43. The molecule has 0 saturated carbocycles. The van der Waals surface area contributed by atoms with Crippen LogP contribution in [0.1, 0.15) is 53.6 Å². The van der Waals surface area contributed by atoms with E-state index in [1.54, 1.807) is 29.9 Å². The molecular weight excluding hydrogens is 292 g/mol. The summed E-state index contributed by atoms with van der Waals surface area (Å²) in [5.74, 6) is -0.273. The maximum absolute atomic E-state index is 12.3. The second-order valence-corrected chi connectivity index (χ2v) is 6.60. The van der Waals surface area contributed by atoms with Gasteiger partial charge in [0.1, 0.15) is 0 Å². The van der Waals surface area contributed by atoms with Gasteiger partial charge in [-0.1, -0.05) is 26.0 Å². The van der Waals surface area contributed by atoms with Gasteiger partial charge in [0.05, 0.1) is 35.3 Å². The number of fused-ring (bicyclic) bond motifs is 1. The minimum atomic E-state index is -0.381. The molecule has 5 heteroatoms. The molecule has 0 atom stereocenters. The molecule has 0 saturated heterocycles. The monoisotopic (exact) mass is 312 g/mol. The molecule has 0 fully saturated rings. The van der Waals surface area contributed by atoms with Gasteiger partial charge in [-0.05, 0) is 30.9 Å². The number of aromatic nitrogens is 2. The summed E-state index contributed by atoms with van der Waals surface area (Å²) >= 11 is 0. The number of rotatable bonds is 3. The average Bonchev–Trinajstić information content (AvgIpc) is 2.90. The molecule has 0 N–H and O–H groups in total. The summed E-state index contributed by atoms with van der Waals surface area (Å²) in [4.78, 5) is 24.5. The van der Waals surface area contributed by atoms with Gasteiger partial charge in [-0.2, -0.15) is 5.10 Å². The van der Waals surface area contributed by atoms with E-state index in [2.05, 4.69) is 18.9 Å². The molecule has 0 radical (unpaired) electrons. The summed E-state index contributed by atoms with van der Waals surface area (Å²) in [7, 11) is 0. The number of hydrogen-bond acceptors (Lipinski definition) is 4. The van der Waals surface area contributed by atoms with E-state index in [1.807, 2.05) is 12.1 Å². The summed E-state index contributed by atoms with van der Waals surface area (Å²) in [6.07, 6.45) is 2.87. The molecule has 120 valence electrons. The van der Waals surface area contributed by atoms with Gasteiger partial charge >= 0.3 is 5.97 Å². The van der Waals surface area contributed by atoms with Crippen LogP contribution in [0.15, 0.2) is 30.5 Å². The molecule has 23 heavy (non-hydrogen) atoms. The van der Waals surface area contributed by atoms with Gasteiger partial charge in [0.25, 0.3) is 0 Å². The van der Waals surface area contributed by atoms with Gasteiger partial charge in [0.15, 0.2) is 5.78 Å². The van der Waals surface area contributed by atoms with Crippen LogP contribution in [-0.2, 0) is 11.2 Å². The van der Waals surface area contributed by atoms with Crippen LogP contribution in [0.5, 0.6) is 0 Å². The van der Waals surface area contributed by atoms with Gasteiger partial charge in [-0.25, -0.2) is 9.48 Å². The number of carbonyl (C=O) groups is 2. The zero-order chi connectivity index (χ0) is 16.6. The zero-order valence-electron chi connectivity index (χ0n) is 13.6. The molecule has 1 aliphatic rings. The van der Waals surface area contributed by atoms with Crippen molar-refractivity contribution in [3.05, 3.63) is 47.3 Å². The van der Waals surface area contributed by atoms with Gasteiger partial charge in [0, 0.05) is 6.42 Å². The molecule has 0 spiro atoms. The summed E-state index contributed by atoms with van der Waals surface area (Å²) in [6, 6.07) is 7.19. The molecule has 0 amide bonds. The van der Waals surface area contributed by atoms with Crippen molar-refractivity contribution >= 4 is 11.8 Å². The van der Waals surface area contributed by atoms with Crippen molar-refractivity contribution in [3.8, 4) is 5.69 Å². The second-order valence-electron chi connectivity index (χ2n) is 6.60. The van der Waals surface area contributed by atoms with Crippen molar-refractivity contribution in [1.29, 1.82) is 0 Å². The van der Waals surface area contributed by atoms with E-state index in [4.69, 9.17) is 4.74 Å². The van der Waals surface area contributed by atoms with Crippen LogP contribution >= 0.6 is 0 Å². The topological polar surface area (TPSA) is 61.2 Å². The number of ether oxygens (including phenoxy) is 1. The minimum Gasteiger partial charge on any atom is -0.462 e. The first-order chi connectivity index (χ1) is 10.9. The Labute approximate surface area is 135 Å². The first-order valence-electron chi connectivity index (χ1n) is 7.79. The number of hydrogen-bond donors (Lipinski definition) is 0. The fourth-order valence-corrected chi connectivity index (χ4v) is 3.07. The highest BCUT2D eigenvalue weighted by molar-refractivity contribution is 5.99. The largest absolute Gasteiger partial charge is 0.462 e. The third-order valence-corrected chi connectivity index (χ3v) is 4.08. The SMILES string of the molecule is CCOC(=O)c1ccccc1-n1ncc2c1CC(C)(C)CC2=O. The predicted octanol–water partition coefficient (Wildman–Crippen LogP) is 3.20. The number of nitrogens with zero attached hydrogens (tertiary/aromatic N) is 2. The molecule has 1 aliphatic carbocycles. The van der Waals surface area contributed by atoms with Crippen molar-refractivity contribution in [2.45, 2.75) is 33.6 Å². The lowest BCUT2D eigenvalue weighted by Gasteiger charge is -2.29. The summed E-state index contributed by atoms with van der Waals surface area (Å²) in [6.45, 7) is 6.23. The smallest absolute Gasteiger partial charge is 0.340 e. The Bertz CT molecular complexity index is 774. The first-order valence-corrected chi connectivity index (χ1v) is 7.79. The van der Waals surface area contributed by atoms with E-state index in [0.717, 1.165) is 12.1 Å². The molecule has 0 aliphatic heterocycles. The van der Waals surface area contributed by atoms with E-state index in [1.165, 1.54) is 0 Å². The maximum atomic E-state index is 12.3. The molecule has 2 aromatic rings. The van der Waals surface area contributed by atoms with Crippen molar-refractivity contribution in [1.82, 2.24) is 9.78 Å². The van der Waals surface area contributed by atoms with Crippen molar-refractivity contribution in [3.63, 3.8) is 0 Å². The number of carbonyl (C=O) groups excluding carboxylic acids is 2. The minimum absolute atomic E-state index is 0.108. The third kappa shape index (κ3) is 2.79. The Morgan fingerprint density at radius 2 is 2.04 bits per heavy atom. The summed E-state index contributed by atoms with van der Waals surface area (Å²) < 4.78 is 6.83. The Morgan fingerprint density at radius 1 is 1.30 bits per heavy atom. The number of benzene rings is 1. The van der Waals surface area contributed by atoms with Gasteiger partial charge in [0.2, 0.25) is 0 Å². The Kier molecular flexibility index (Phi) is 3.80. The van der Waals surface area contributed by atoms with E-state index in [-0.39, 0.29) is 17.2 Å². The molecule has 0 bridgehead atoms. The molecule has 1 aromatic carbocycles. The van der Waals surface area contributed by atoms with E-state index in [9.17, 15) is 9.59 Å². The molecule has 1 aromatic heterocycles. The standard InChI is InChI=1S/C18H20N2O3/c1-4-23-17(22)12-7-5-6-8-14(12)20-15-9-18(2,3)10-16(21)13(15)11-19-20/h5-8,11H,4,9-10H2,1-3H3. The van der Waals surface area contributed by atoms with Gasteiger partial charge < -0.3 is 4.74 Å². The van der Waals surface area contributed by atoms with Gasteiger partial charge in [-0.3, -0.25) is 4.79 Å². The lowest BCUT2D eigenvalue weighted by atomic mass is 9.76. The number of para-hydroxylation sites is 1. The van der Waals surface area contributed by atoms with E-state index in [0.29, 0.717) is 29.8 Å². The van der Waals surface area contributed by atoms with Crippen molar-refractivity contribution < 1.29 is 14.3 Å². The Balaban J connectivity index is 2.12. The fraction of sp³-hybridized carbons (Fsp3) is 0.389. The van der Waals surface area contributed by atoms with E-state index >= 15 is 0 Å². The van der Waals surface area contributed by atoms with Crippen LogP contribution in [0.4, 0.5) is 0 Å². The molecule has 0 unspecified atom stereocenters.